The highest BCUT2D eigenvalue weighted by molar-refractivity contribution is 5.81. The third-order valence-electron chi connectivity index (χ3n) is 4.31. The van der Waals surface area contributed by atoms with Gasteiger partial charge in [-0.3, -0.25) is 10.3 Å². The highest BCUT2D eigenvalue weighted by atomic mass is 15.4. The van der Waals surface area contributed by atoms with Crippen molar-refractivity contribution in [3.05, 3.63) is 66.0 Å². The molecule has 2 aromatic carbocycles. The van der Waals surface area contributed by atoms with Gasteiger partial charge in [0.1, 0.15) is 6.54 Å². The number of hydrazone groups is 1. The monoisotopic (exact) mass is 364 g/mol. The molecule has 0 saturated heterocycles. The van der Waals surface area contributed by atoms with Crippen molar-refractivity contribution in [2.24, 2.45) is 12.1 Å². The first-order valence-corrected chi connectivity index (χ1v) is 9.37. The van der Waals surface area contributed by atoms with E-state index in [4.69, 9.17) is 0 Å². The minimum absolute atomic E-state index is 0.820. The summed E-state index contributed by atoms with van der Waals surface area (Å²) in [6.07, 6.45) is 3.96. The van der Waals surface area contributed by atoms with Crippen LogP contribution in [0.3, 0.4) is 0 Å². The van der Waals surface area contributed by atoms with Crippen LogP contribution in [0.25, 0.3) is 11.0 Å². The zero-order valence-corrected chi connectivity index (χ0v) is 16.2. The molecule has 0 amide bonds. The van der Waals surface area contributed by atoms with Crippen LogP contribution in [0.15, 0.2) is 60.0 Å². The second kappa shape index (κ2) is 8.98. The first-order valence-electron chi connectivity index (χ1n) is 9.37. The van der Waals surface area contributed by atoms with Crippen molar-refractivity contribution < 1.29 is 9.56 Å². The first-order chi connectivity index (χ1) is 13.2. The van der Waals surface area contributed by atoms with Gasteiger partial charge in [0.05, 0.1) is 26.4 Å². The molecule has 3 aromatic rings. The number of nitrogens with zero attached hydrogens (tertiary/aromatic N) is 3. The Balaban J connectivity index is 1.66. The third kappa shape index (κ3) is 4.73. The first kappa shape index (κ1) is 18.6. The van der Waals surface area contributed by atoms with E-state index in [1.54, 1.807) is 0 Å². The number of para-hydroxylation sites is 2. The molecule has 0 aliphatic heterocycles. The molecule has 0 radical (unpaired) electrons. The topological polar surface area (TPSA) is 59.2 Å². The van der Waals surface area contributed by atoms with Crippen molar-refractivity contribution in [2.75, 3.05) is 13.1 Å². The molecule has 0 aliphatic rings. The molecule has 0 spiro atoms. The van der Waals surface area contributed by atoms with Crippen molar-refractivity contribution >= 4 is 23.2 Å². The Hall–Kier alpha value is -3.15. The molecule has 0 atom stereocenters. The second-order valence-electron chi connectivity index (χ2n) is 6.39. The molecular formula is C21H28N6+2. The average molecular weight is 364 g/mol. The molecule has 0 fully saturated rings. The van der Waals surface area contributed by atoms with Gasteiger partial charge < -0.3 is 0 Å². The van der Waals surface area contributed by atoms with Crippen LogP contribution in [0.2, 0.25) is 0 Å². The van der Waals surface area contributed by atoms with E-state index in [0.717, 1.165) is 31.2 Å². The van der Waals surface area contributed by atoms with Gasteiger partial charge in [0, 0.05) is 0 Å². The largest absolute Gasteiger partial charge is 0.367 e. The Bertz CT molecular complexity index is 937. The lowest BCUT2D eigenvalue weighted by molar-refractivity contribution is -0.645. The highest BCUT2D eigenvalue weighted by Gasteiger charge is 2.12. The van der Waals surface area contributed by atoms with Gasteiger partial charge in [-0.25, -0.2) is 9.13 Å². The number of guanidine groups is 1. The number of rotatable bonds is 6. The van der Waals surface area contributed by atoms with Gasteiger partial charge in [-0.1, -0.05) is 36.4 Å². The molecule has 0 unspecified atom stereocenters. The number of fused-ring (bicyclic) bond motifs is 1. The Morgan fingerprint density at radius 1 is 1.15 bits per heavy atom. The van der Waals surface area contributed by atoms with Crippen molar-refractivity contribution in [3.63, 3.8) is 0 Å². The molecule has 3 N–H and O–H groups in total. The Morgan fingerprint density at radius 3 is 2.67 bits per heavy atom. The van der Waals surface area contributed by atoms with Crippen LogP contribution in [-0.4, -0.2) is 29.8 Å². The summed E-state index contributed by atoms with van der Waals surface area (Å²) in [5.74, 6) is 0.820. The van der Waals surface area contributed by atoms with Gasteiger partial charge in [0.15, 0.2) is 11.0 Å². The van der Waals surface area contributed by atoms with Crippen LogP contribution >= 0.6 is 0 Å². The fraction of sp³-hybridized carbons (Fsp3) is 0.286. The summed E-state index contributed by atoms with van der Waals surface area (Å²) in [5.41, 5.74) is 7.80. The fourth-order valence-corrected chi connectivity index (χ4v) is 3.04. The van der Waals surface area contributed by atoms with Gasteiger partial charge in [0.25, 0.3) is 0 Å². The van der Waals surface area contributed by atoms with Crippen LogP contribution in [0.5, 0.6) is 0 Å². The van der Waals surface area contributed by atoms with Crippen molar-refractivity contribution in [3.8, 4) is 0 Å². The number of hydrogen-bond donors (Lipinski definition) is 3. The lowest BCUT2D eigenvalue weighted by Gasteiger charge is -2.01. The van der Waals surface area contributed by atoms with Crippen LogP contribution < -0.4 is 20.3 Å². The maximum Gasteiger partial charge on any atom is 0.367 e. The summed E-state index contributed by atoms with van der Waals surface area (Å²) in [6.45, 7) is 6.62. The van der Waals surface area contributed by atoms with Crippen LogP contribution in [0.4, 0.5) is 0 Å². The van der Waals surface area contributed by atoms with E-state index in [-0.39, 0.29) is 0 Å². The van der Waals surface area contributed by atoms with Crippen molar-refractivity contribution in [2.45, 2.75) is 20.4 Å². The Labute approximate surface area is 160 Å². The molecular weight excluding hydrogens is 336 g/mol. The predicted molar refractivity (Wildman–Crippen MR) is 110 cm³/mol. The van der Waals surface area contributed by atoms with Gasteiger partial charge in [-0.15, -0.1) is 5.10 Å². The number of benzene rings is 2. The zero-order valence-electron chi connectivity index (χ0n) is 16.2. The summed E-state index contributed by atoms with van der Waals surface area (Å²) in [5, 5.41) is 7.49. The molecule has 1 aromatic heterocycles. The Kier molecular flexibility index (Phi) is 6.20. The molecule has 3 rings (SSSR count). The lowest BCUT2D eigenvalue weighted by atomic mass is 10.1. The molecule has 6 nitrogen and oxygen atoms in total. The zero-order chi connectivity index (χ0) is 19.1. The van der Waals surface area contributed by atoms with Gasteiger partial charge >= 0.3 is 5.96 Å². The van der Waals surface area contributed by atoms with E-state index < -0.39 is 0 Å². The van der Waals surface area contributed by atoms with Crippen LogP contribution in [0.1, 0.15) is 25.0 Å². The summed E-state index contributed by atoms with van der Waals surface area (Å²) in [4.78, 5) is 3.20. The van der Waals surface area contributed by atoms with Gasteiger partial charge in [-0.05, 0) is 37.1 Å². The highest BCUT2D eigenvalue weighted by Crippen LogP contribution is 2.13. The molecule has 6 heteroatoms. The van der Waals surface area contributed by atoms with Gasteiger partial charge in [0.2, 0.25) is 6.33 Å². The molecule has 1 heterocycles. The number of imidazole rings is 1. The SMILES string of the molecule is CCNC(N/N=C\c1ccc(Cn2c[n+](C)c3ccccc32)cc1)=[NH+]CC. The number of aryl methyl sites for hydroxylation is 1. The summed E-state index contributed by atoms with van der Waals surface area (Å²) in [6, 6.07) is 16.9. The van der Waals surface area contributed by atoms with Gasteiger partial charge in [-0.2, -0.15) is 5.43 Å². The van der Waals surface area contributed by atoms with Crippen LogP contribution in [-0.2, 0) is 13.6 Å². The second-order valence-corrected chi connectivity index (χ2v) is 6.39. The number of nitrogens with one attached hydrogen (secondary N) is 3. The van der Waals surface area contributed by atoms with E-state index in [2.05, 4.69) is 106 Å². The van der Waals surface area contributed by atoms with E-state index in [1.165, 1.54) is 16.6 Å². The Morgan fingerprint density at radius 2 is 1.93 bits per heavy atom. The third-order valence-corrected chi connectivity index (χ3v) is 4.31. The number of hydrogen-bond acceptors (Lipinski definition) is 1. The van der Waals surface area contributed by atoms with Crippen molar-refractivity contribution in [1.82, 2.24) is 15.3 Å². The molecule has 0 saturated carbocycles. The number of aromatic nitrogens is 2. The quantitative estimate of drug-likeness (QED) is 0.258. The fourth-order valence-electron chi connectivity index (χ4n) is 3.04. The minimum Gasteiger partial charge on any atom is -0.277 e. The van der Waals surface area contributed by atoms with E-state index >= 15 is 0 Å². The van der Waals surface area contributed by atoms with Crippen LogP contribution in [0, 0.1) is 0 Å². The van der Waals surface area contributed by atoms with Crippen molar-refractivity contribution in [1.29, 1.82) is 0 Å². The average Bonchev–Trinajstić information content (AvgIpc) is 2.99. The smallest absolute Gasteiger partial charge is 0.277 e. The minimum atomic E-state index is 0.820. The molecule has 0 aliphatic carbocycles. The maximum atomic E-state index is 4.29. The molecule has 27 heavy (non-hydrogen) atoms. The predicted octanol–water partition coefficient (Wildman–Crippen LogP) is 0.504. The summed E-state index contributed by atoms with van der Waals surface area (Å²) >= 11 is 0. The van der Waals surface area contributed by atoms with E-state index in [1.807, 2.05) is 6.21 Å². The summed E-state index contributed by atoms with van der Waals surface area (Å²) in [7, 11) is 2.08. The van der Waals surface area contributed by atoms with E-state index in [9.17, 15) is 0 Å². The lowest BCUT2D eigenvalue weighted by Crippen LogP contribution is -2.78. The maximum absolute atomic E-state index is 4.29. The molecule has 0 bridgehead atoms. The van der Waals surface area contributed by atoms with E-state index in [0.29, 0.717) is 0 Å². The normalized spacial score (nSPS) is 12.0. The standard InChI is InChI=1S/C21H27N6/c1-4-22-21(23-5-2)25-24-14-17-10-12-18(13-11-17)15-27-16-26(3)19-8-6-7-9-20(19)27/h6-14,16H,4-5,15H2,1-3H3,(H2,22,23,25)/q+1/p+1/b24-14-. The summed E-state index contributed by atoms with van der Waals surface area (Å²) < 4.78 is 4.43. The molecule has 140 valence electrons.